The highest BCUT2D eigenvalue weighted by Crippen LogP contribution is 2.34. The van der Waals surface area contributed by atoms with Gasteiger partial charge in [-0.1, -0.05) is 6.07 Å². The number of anilines is 3. The number of H-pyrrole nitrogens is 1. The van der Waals surface area contributed by atoms with E-state index in [1.807, 2.05) is 0 Å². The van der Waals surface area contributed by atoms with Crippen LogP contribution in [0.25, 0.3) is 27.7 Å². The van der Waals surface area contributed by atoms with Gasteiger partial charge in [-0.05, 0) is 24.6 Å². The normalized spacial score (nSPS) is 11.3. The highest BCUT2D eigenvalue weighted by Gasteiger charge is 2.22. The Balaban J connectivity index is 1.56. The number of nitrogens with two attached hydrogens (primary N) is 1. The number of fused-ring (bicyclic) bond motifs is 2. The molecule has 3 heterocycles. The Kier molecular flexibility index (Phi) is 5.04. The van der Waals surface area contributed by atoms with E-state index >= 15 is 4.39 Å². The molecule has 0 atom stereocenters. The van der Waals surface area contributed by atoms with Crippen LogP contribution < -0.4 is 16.4 Å². The van der Waals surface area contributed by atoms with E-state index in [-0.39, 0.29) is 40.0 Å². The van der Waals surface area contributed by atoms with Gasteiger partial charge >= 0.3 is 0 Å². The number of amides is 1. The van der Waals surface area contributed by atoms with Crippen LogP contribution >= 0.6 is 0 Å². The Labute approximate surface area is 189 Å². The standard InChI is InChI=1S/C22H17F3N8O/c1-2-27-21(34)12-8-33-19(20(26)28-9-29-33)17(12)10-3-4-15(13(24)5-10)30-22-31-16-7-11(23)6-14(25)18(16)32-22/h3-9H,2H2,1H3,(H,27,34)(H2,26,28,29)(H2,30,31,32). The lowest BCUT2D eigenvalue weighted by Crippen LogP contribution is -2.22. The molecule has 1 amide bonds. The Hall–Kier alpha value is -4.61. The molecule has 2 aromatic carbocycles. The molecule has 12 heteroatoms. The second-order valence-electron chi connectivity index (χ2n) is 7.40. The molecule has 0 fully saturated rings. The number of hydrogen-bond donors (Lipinski definition) is 4. The molecule has 0 unspecified atom stereocenters. The molecule has 0 aliphatic rings. The summed E-state index contributed by atoms with van der Waals surface area (Å²) in [6.45, 7) is 2.17. The SMILES string of the molecule is CCNC(=O)c1cn2ncnc(N)c2c1-c1ccc(Nc2nc3cc(F)cc(F)c3[nH]2)c(F)c1. The zero-order valence-corrected chi connectivity index (χ0v) is 17.7. The number of benzene rings is 2. The molecule has 34 heavy (non-hydrogen) atoms. The number of carbonyl (C=O) groups excluding carboxylic acids is 1. The molecule has 172 valence electrons. The number of nitrogens with zero attached hydrogens (tertiary/aromatic N) is 4. The van der Waals surface area contributed by atoms with E-state index in [1.165, 1.54) is 29.2 Å². The van der Waals surface area contributed by atoms with Gasteiger partial charge in [0.2, 0.25) is 5.95 Å². The summed E-state index contributed by atoms with van der Waals surface area (Å²) in [6, 6.07) is 6.02. The third-order valence-corrected chi connectivity index (χ3v) is 5.20. The molecule has 3 aromatic heterocycles. The van der Waals surface area contributed by atoms with E-state index in [1.54, 1.807) is 13.0 Å². The van der Waals surface area contributed by atoms with E-state index in [9.17, 15) is 13.6 Å². The average molecular weight is 466 g/mol. The fraction of sp³-hybridized carbons (Fsp3) is 0.0909. The van der Waals surface area contributed by atoms with Crippen LogP contribution in [0.1, 0.15) is 17.3 Å². The first-order chi connectivity index (χ1) is 16.4. The van der Waals surface area contributed by atoms with Gasteiger partial charge in [-0.25, -0.2) is 27.7 Å². The average Bonchev–Trinajstić information content (AvgIpc) is 3.38. The van der Waals surface area contributed by atoms with Gasteiger partial charge in [-0.3, -0.25) is 4.79 Å². The largest absolute Gasteiger partial charge is 0.382 e. The fourth-order valence-corrected chi connectivity index (χ4v) is 3.75. The lowest BCUT2D eigenvalue weighted by atomic mass is 10.0. The second kappa shape index (κ2) is 8.06. The minimum absolute atomic E-state index is 0.0109. The van der Waals surface area contributed by atoms with E-state index < -0.39 is 17.5 Å². The lowest BCUT2D eigenvalue weighted by molar-refractivity contribution is 0.0956. The number of carbonyl (C=O) groups is 1. The highest BCUT2D eigenvalue weighted by molar-refractivity contribution is 6.07. The first-order valence-corrected chi connectivity index (χ1v) is 10.2. The molecular formula is C22H17F3N8O. The van der Waals surface area contributed by atoms with E-state index in [0.717, 1.165) is 12.1 Å². The van der Waals surface area contributed by atoms with Gasteiger partial charge in [0, 0.05) is 30.4 Å². The number of halogens is 3. The topological polar surface area (TPSA) is 126 Å². The number of rotatable bonds is 5. The van der Waals surface area contributed by atoms with Gasteiger partial charge in [0.25, 0.3) is 5.91 Å². The van der Waals surface area contributed by atoms with Crippen molar-refractivity contribution in [1.29, 1.82) is 0 Å². The van der Waals surface area contributed by atoms with Gasteiger partial charge in [0.15, 0.2) is 11.6 Å². The third kappa shape index (κ3) is 3.54. The van der Waals surface area contributed by atoms with Crippen molar-refractivity contribution < 1.29 is 18.0 Å². The maximum absolute atomic E-state index is 15.1. The van der Waals surface area contributed by atoms with Crippen molar-refractivity contribution in [3.63, 3.8) is 0 Å². The summed E-state index contributed by atoms with van der Waals surface area (Å²) in [7, 11) is 0. The highest BCUT2D eigenvalue weighted by atomic mass is 19.1. The molecule has 5 rings (SSSR count). The van der Waals surface area contributed by atoms with Crippen LogP contribution in [0.4, 0.5) is 30.6 Å². The maximum atomic E-state index is 15.1. The van der Waals surface area contributed by atoms with E-state index in [4.69, 9.17) is 5.73 Å². The van der Waals surface area contributed by atoms with E-state index in [2.05, 4.69) is 30.7 Å². The number of nitrogens with one attached hydrogen (secondary N) is 3. The van der Waals surface area contributed by atoms with Gasteiger partial charge in [-0.15, -0.1) is 0 Å². The smallest absolute Gasteiger partial charge is 0.253 e. The Bertz CT molecular complexity index is 1580. The predicted molar refractivity (Wildman–Crippen MR) is 120 cm³/mol. The molecule has 9 nitrogen and oxygen atoms in total. The molecule has 0 bridgehead atoms. The molecule has 0 saturated carbocycles. The van der Waals surface area contributed by atoms with Crippen LogP contribution in [-0.4, -0.2) is 37.0 Å². The first kappa shape index (κ1) is 21.2. The lowest BCUT2D eigenvalue weighted by Gasteiger charge is -2.09. The molecule has 5 aromatic rings. The first-order valence-electron chi connectivity index (χ1n) is 10.2. The number of hydrogen-bond acceptors (Lipinski definition) is 6. The maximum Gasteiger partial charge on any atom is 0.253 e. The third-order valence-electron chi connectivity index (χ3n) is 5.20. The Morgan fingerprint density at radius 1 is 1.18 bits per heavy atom. The van der Waals surface area contributed by atoms with Crippen LogP contribution in [-0.2, 0) is 0 Å². The van der Waals surface area contributed by atoms with Crippen molar-refractivity contribution in [2.24, 2.45) is 0 Å². The quantitative estimate of drug-likeness (QED) is 0.312. The van der Waals surface area contributed by atoms with Gasteiger partial charge in [-0.2, -0.15) is 5.10 Å². The minimum Gasteiger partial charge on any atom is -0.382 e. The second-order valence-corrected chi connectivity index (χ2v) is 7.40. The Morgan fingerprint density at radius 3 is 2.76 bits per heavy atom. The van der Waals surface area contributed by atoms with Crippen LogP contribution in [0.15, 0.2) is 42.9 Å². The monoisotopic (exact) mass is 466 g/mol. The number of imidazole rings is 1. The van der Waals surface area contributed by atoms with Crippen molar-refractivity contribution in [3.05, 3.63) is 65.9 Å². The predicted octanol–water partition coefficient (Wildman–Crippen LogP) is 3.77. The van der Waals surface area contributed by atoms with Crippen molar-refractivity contribution in [3.8, 4) is 11.1 Å². The van der Waals surface area contributed by atoms with Crippen LogP contribution in [0.3, 0.4) is 0 Å². The molecule has 0 radical (unpaired) electrons. The molecule has 0 saturated heterocycles. The van der Waals surface area contributed by atoms with Gasteiger partial charge in [0.05, 0.1) is 16.8 Å². The number of nitrogen functional groups attached to an aromatic ring is 1. The van der Waals surface area contributed by atoms with Crippen molar-refractivity contribution in [1.82, 2.24) is 29.9 Å². The van der Waals surface area contributed by atoms with Crippen LogP contribution in [0.5, 0.6) is 0 Å². The van der Waals surface area contributed by atoms with Gasteiger partial charge in [0.1, 0.15) is 29.0 Å². The molecule has 0 spiro atoms. The van der Waals surface area contributed by atoms with Gasteiger partial charge < -0.3 is 21.4 Å². The zero-order chi connectivity index (χ0) is 24.0. The summed E-state index contributed by atoms with van der Waals surface area (Å²) in [5, 5.41) is 9.53. The molecular weight excluding hydrogens is 449 g/mol. The zero-order valence-electron chi connectivity index (χ0n) is 17.7. The summed E-state index contributed by atoms with van der Waals surface area (Å²) in [5.41, 5.74) is 7.45. The molecule has 5 N–H and O–H groups in total. The van der Waals surface area contributed by atoms with Crippen molar-refractivity contribution in [2.45, 2.75) is 6.92 Å². The minimum atomic E-state index is -0.815. The van der Waals surface area contributed by atoms with Crippen LogP contribution in [0, 0.1) is 17.5 Å². The summed E-state index contributed by atoms with van der Waals surface area (Å²) in [6.07, 6.45) is 2.75. The van der Waals surface area contributed by atoms with Crippen molar-refractivity contribution in [2.75, 3.05) is 17.6 Å². The number of aromatic amines is 1. The number of aromatic nitrogens is 5. The van der Waals surface area contributed by atoms with E-state index in [0.29, 0.717) is 23.2 Å². The summed E-state index contributed by atoms with van der Waals surface area (Å²) >= 11 is 0. The van der Waals surface area contributed by atoms with Crippen molar-refractivity contribution >= 4 is 39.9 Å². The fourth-order valence-electron chi connectivity index (χ4n) is 3.75. The summed E-state index contributed by atoms with van der Waals surface area (Å²) < 4.78 is 43.9. The molecule has 0 aliphatic carbocycles. The Morgan fingerprint density at radius 2 is 2.00 bits per heavy atom. The summed E-state index contributed by atoms with van der Waals surface area (Å²) in [5.74, 6) is -2.49. The summed E-state index contributed by atoms with van der Waals surface area (Å²) in [4.78, 5) is 23.4. The van der Waals surface area contributed by atoms with Crippen LogP contribution in [0.2, 0.25) is 0 Å². The molecule has 0 aliphatic heterocycles.